The van der Waals surface area contributed by atoms with E-state index in [-0.39, 0.29) is 0 Å². The summed E-state index contributed by atoms with van der Waals surface area (Å²) >= 11 is 1.88. The van der Waals surface area contributed by atoms with Crippen LogP contribution < -0.4 is 0 Å². The standard InChI is InChI=1S/C16H26N2.C11H10.C4H10S.C2H6/c1-16(2)13-17(3)11-10-15(16)18(4)12-14-8-6-5-7-9-14;1-9-5-4-7-10-6-2-3-8-11(9)10;1-4(2)5-3;1-2/h5-9,15H,10-13H2,1-4H3;2-8H,1H3;4H,1-3H3;1-2H3. The van der Waals surface area contributed by atoms with Gasteiger partial charge in [-0.1, -0.05) is 114 Å². The molecule has 4 rings (SSSR count). The maximum Gasteiger partial charge on any atom is 0.0233 e. The summed E-state index contributed by atoms with van der Waals surface area (Å²) in [5.74, 6) is 0. The lowest BCUT2D eigenvalue weighted by molar-refractivity contribution is 0.0251. The molecule has 3 heteroatoms. The van der Waals surface area contributed by atoms with Crippen LogP contribution in [0.4, 0.5) is 0 Å². The monoisotopic (exact) mass is 508 g/mol. The third-order valence-electron chi connectivity index (χ3n) is 6.65. The van der Waals surface area contributed by atoms with Crippen LogP contribution in [-0.4, -0.2) is 54.5 Å². The third-order valence-corrected chi connectivity index (χ3v) is 7.59. The molecule has 1 saturated heterocycles. The van der Waals surface area contributed by atoms with E-state index in [9.17, 15) is 0 Å². The van der Waals surface area contributed by atoms with E-state index in [0.29, 0.717) is 11.5 Å². The van der Waals surface area contributed by atoms with Crippen LogP contribution in [0.1, 0.15) is 59.1 Å². The van der Waals surface area contributed by atoms with E-state index in [0.717, 1.165) is 11.8 Å². The number of rotatable bonds is 4. The Bertz CT molecular complexity index is 962. The van der Waals surface area contributed by atoms with Gasteiger partial charge in [0.15, 0.2) is 0 Å². The molecule has 0 spiro atoms. The zero-order valence-electron chi connectivity index (χ0n) is 24.7. The number of hydrogen-bond acceptors (Lipinski definition) is 3. The number of piperidine rings is 1. The molecule has 36 heavy (non-hydrogen) atoms. The number of thioether (sulfide) groups is 1. The zero-order chi connectivity index (χ0) is 27.1. The Morgan fingerprint density at radius 3 is 2.06 bits per heavy atom. The van der Waals surface area contributed by atoms with Gasteiger partial charge in [-0.05, 0) is 72.8 Å². The number of aryl methyl sites for hydroxylation is 1. The van der Waals surface area contributed by atoms with Gasteiger partial charge in [-0.25, -0.2) is 0 Å². The normalized spacial score (nSPS) is 16.8. The molecule has 3 aromatic rings. The van der Waals surface area contributed by atoms with Gasteiger partial charge in [-0.3, -0.25) is 4.90 Å². The summed E-state index contributed by atoms with van der Waals surface area (Å²) in [7, 11) is 4.50. The van der Waals surface area contributed by atoms with Crippen molar-refractivity contribution in [2.24, 2.45) is 5.41 Å². The minimum Gasteiger partial charge on any atom is -0.306 e. The fourth-order valence-corrected chi connectivity index (χ4v) is 4.80. The molecule has 1 unspecified atom stereocenters. The molecule has 0 bridgehead atoms. The molecule has 200 valence electrons. The van der Waals surface area contributed by atoms with E-state index in [1.165, 1.54) is 41.4 Å². The Hall–Kier alpha value is -1.81. The van der Waals surface area contributed by atoms with Crippen LogP contribution in [-0.2, 0) is 6.54 Å². The Labute approximate surface area is 227 Å². The highest BCUT2D eigenvalue weighted by Crippen LogP contribution is 2.32. The molecule has 0 aliphatic carbocycles. The number of hydrogen-bond donors (Lipinski definition) is 0. The van der Waals surface area contributed by atoms with Crippen LogP contribution in [0.15, 0.2) is 72.8 Å². The van der Waals surface area contributed by atoms with Gasteiger partial charge in [0.25, 0.3) is 0 Å². The van der Waals surface area contributed by atoms with Crippen molar-refractivity contribution in [3.05, 3.63) is 83.9 Å². The molecule has 1 heterocycles. The second kappa shape index (κ2) is 16.8. The second-order valence-corrected chi connectivity index (χ2v) is 11.9. The Morgan fingerprint density at radius 1 is 0.944 bits per heavy atom. The van der Waals surface area contributed by atoms with Gasteiger partial charge in [-0.2, -0.15) is 11.8 Å². The molecule has 0 radical (unpaired) electrons. The fourth-order valence-electron chi connectivity index (χ4n) is 4.80. The smallest absolute Gasteiger partial charge is 0.0233 e. The van der Waals surface area contributed by atoms with Gasteiger partial charge >= 0.3 is 0 Å². The van der Waals surface area contributed by atoms with Crippen LogP contribution in [0.2, 0.25) is 0 Å². The first-order chi connectivity index (χ1) is 17.1. The molecule has 0 N–H and O–H groups in total. The molecule has 1 aliphatic rings. The van der Waals surface area contributed by atoms with Gasteiger partial charge in [0.2, 0.25) is 0 Å². The van der Waals surface area contributed by atoms with E-state index in [1.807, 2.05) is 25.6 Å². The van der Waals surface area contributed by atoms with Gasteiger partial charge in [0.1, 0.15) is 0 Å². The Morgan fingerprint density at radius 2 is 1.50 bits per heavy atom. The number of benzene rings is 3. The maximum absolute atomic E-state index is 2.53. The van der Waals surface area contributed by atoms with E-state index in [2.05, 4.69) is 138 Å². The van der Waals surface area contributed by atoms with Crippen molar-refractivity contribution in [3.8, 4) is 0 Å². The first kappa shape index (κ1) is 32.2. The highest BCUT2D eigenvalue weighted by atomic mass is 32.2. The summed E-state index contributed by atoms with van der Waals surface area (Å²) in [6.45, 7) is 18.8. The van der Waals surface area contributed by atoms with E-state index < -0.39 is 0 Å². The maximum atomic E-state index is 2.53. The average molecular weight is 509 g/mol. The van der Waals surface area contributed by atoms with Crippen molar-refractivity contribution in [2.45, 2.75) is 72.7 Å². The highest BCUT2D eigenvalue weighted by molar-refractivity contribution is 7.99. The number of fused-ring (bicyclic) bond motifs is 1. The molecule has 2 nitrogen and oxygen atoms in total. The quantitative estimate of drug-likeness (QED) is 0.348. The van der Waals surface area contributed by atoms with Gasteiger partial charge in [0.05, 0.1) is 0 Å². The Kier molecular flexibility index (Phi) is 15.1. The average Bonchev–Trinajstić information content (AvgIpc) is 2.86. The first-order valence-electron chi connectivity index (χ1n) is 13.5. The molecule has 0 saturated carbocycles. The predicted octanol–water partition coefficient (Wildman–Crippen LogP) is 8.78. The zero-order valence-corrected chi connectivity index (χ0v) is 25.5. The largest absolute Gasteiger partial charge is 0.306 e. The molecule has 1 fully saturated rings. The van der Waals surface area contributed by atoms with Crippen molar-refractivity contribution in [2.75, 3.05) is 33.4 Å². The van der Waals surface area contributed by atoms with E-state index in [4.69, 9.17) is 0 Å². The molecule has 1 atom stereocenters. The van der Waals surface area contributed by atoms with Crippen molar-refractivity contribution in [1.82, 2.24) is 9.80 Å². The number of nitrogens with zero attached hydrogens (tertiary/aromatic N) is 2. The van der Waals surface area contributed by atoms with Crippen molar-refractivity contribution in [1.29, 1.82) is 0 Å². The summed E-state index contributed by atoms with van der Waals surface area (Å²) in [6.07, 6.45) is 3.39. The Balaban J connectivity index is 0.000000305. The summed E-state index contributed by atoms with van der Waals surface area (Å²) in [5.41, 5.74) is 3.13. The second-order valence-electron chi connectivity index (χ2n) is 10.5. The third kappa shape index (κ3) is 11.1. The van der Waals surface area contributed by atoms with Crippen LogP contribution in [0.3, 0.4) is 0 Å². The lowest BCUT2D eigenvalue weighted by Crippen LogP contribution is -2.53. The number of likely N-dealkylation sites (tertiary alicyclic amines) is 1. The van der Waals surface area contributed by atoms with Crippen LogP contribution in [0.5, 0.6) is 0 Å². The molecule has 0 amide bonds. The van der Waals surface area contributed by atoms with Crippen molar-refractivity contribution in [3.63, 3.8) is 0 Å². The summed E-state index contributed by atoms with van der Waals surface area (Å²) in [6, 6.07) is 26.3. The van der Waals surface area contributed by atoms with Crippen LogP contribution in [0, 0.1) is 12.3 Å². The topological polar surface area (TPSA) is 6.48 Å². The van der Waals surface area contributed by atoms with Crippen molar-refractivity contribution < 1.29 is 0 Å². The van der Waals surface area contributed by atoms with Gasteiger partial charge in [-0.15, -0.1) is 0 Å². The molecular formula is C33H52N2S. The molecule has 1 aliphatic heterocycles. The predicted molar refractivity (Wildman–Crippen MR) is 166 cm³/mol. The van der Waals surface area contributed by atoms with Crippen molar-refractivity contribution >= 4 is 22.5 Å². The van der Waals surface area contributed by atoms with E-state index in [1.54, 1.807) is 0 Å². The lowest BCUT2D eigenvalue weighted by Gasteiger charge is -2.47. The first-order valence-corrected chi connectivity index (χ1v) is 14.8. The molecule has 0 aromatic heterocycles. The summed E-state index contributed by atoms with van der Waals surface area (Å²) in [5, 5.41) is 3.48. The van der Waals surface area contributed by atoms with Gasteiger partial charge in [0, 0.05) is 19.1 Å². The SMILES string of the molecule is CC.CN1CCC(N(C)Cc2ccccc2)C(C)(C)C1.CSC(C)C.Cc1cccc2ccccc12. The summed E-state index contributed by atoms with van der Waals surface area (Å²) < 4.78 is 0. The van der Waals surface area contributed by atoms with Crippen LogP contribution >= 0.6 is 11.8 Å². The minimum absolute atomic E-state index is 0.372. The minimum atomic E-state index is 0.372. The van der Waals surface area contributed by atoms with Crippen LogP contribution in [0.25, 0.3) is 10.8 Å². The fraction of sp³-hybridized carbons (Fsp3) is 0.515. The van der Waals surface area contributed by atoms with Gasteiger partial charge < -0.3 is 4.90 Å². The van der Waals surface area contributed by atoms with E-state index >= 15 is 0 Å². The summed E-state index contributed by atoms with van der Waals surface area (Å²) in [4.78, 5) is 4.98. The molecule has 3 aromatic carbocycles. The lowest BCUT2D eigenvalue weighted by atomic mass is 9.78. The molecular weight excluding hydrogens is 456 g/mol. The highest BCUT2D eigenvalue weighted by Gasteiger charge is 2.36.